The summed E-state index contributed by atoms with van der Waals surface area (Å²) in [5, 5.41) is 7.49. The van der Waals surface area contributed by atoms with Crippen molar-refractivity contribution < 1.29 is 4.74 Å². The lowest BCUT2D eigenvalue weighted by Crippen LogP contribution is -2.18. The van der Waals surface area contributed by atoms with Crippen LogP contribution in [0.15, 0.2) is 39.1 Å². The molecule has 0 amide bonds. The lowest BCUT2D eigenvalue weighted by molar-refractivity contribution is 0.189. The number of aromatic nitrogens is 5. The Balaban J connectivity index is 1.78. The van der Waals surface area contributed by atoms with Crippen LogP contribution in [0.4, 0.5) is 0 Å². The molecule has 3 heterocycles. The van der Waals surface area contributed by atoms with Crippen molar-refractivity contribution in [2.24, 2.45) is 0 Å². The number of hydrogen-bond donors (Lipinski definition) is 1. The molecule has 0 bridgehead atoms. The van der Waals surface area contributed by atoms with E-state index in [2.05, 4.69) is 15.2 Å². The molecule has 0 aromatic carbocycles. The number of aromatic amines is 1. The Morgan fingerprint density at radius 2 is 2.20 bits per heavy atom. The van der Waals surface area contributed by atoms with E-state index in [1.807, 2.05) is 0 Å². The smallest absolute Gasteiger partial charge is 0.343 e. The quantitative estimate of drug-likeness (QED) is 0.493. The van der Waals surface area contributed by atoms with Crippen molar-refractivity contribution in [1.82, 2.24) is 24.1 Å². The average Bonchev–Trinajstić information content (AvgIpc) is 2.94. The summed E-state index contributed by atoms with van der Waals surface area (Å²) < 4.78 is 7.95. The number of pyridine rings is 1. The maximum atomic E-state index is 12.2. The molecule has 0 atom stereocenters. The summed E-state index contributed by atoms with van der Waals surface area (Å²) in [4.78, 5) is 28.4. The fraction of sp³-hybridized carbons (Fsp3) is 0.333. The van der Waals surface area contributed by atoms with E-state index in [1.54, 1.807) is 23.8 Å². The van der Waals surface area contributed by atoms with Gasteiger partial charge in [-0.1, -0.05) is 23.4 Å². The molecule has 0 saturated heterocycles. The highest BCUT2D eigenvalue weighted by Gasteiger charge is 2.10. The van der Waals surface area contributed by atoms with Gasteiger partial charge in [0.15, 0.2) is 5.16 Å². The second kappa shape index (κ2) is 7.85. The van der Waals surface area contributed by atoms with Crippen LogP contribution < -0.4 is 11.2 Å². The van der Waals surface area contributed by atoms with Crippen LogP contribution in [0.3, 0.4) is 0 Å². The monoisotopic (exact) mass is 381 g/mol. The van der Waals surface area contributed by atoms with E-state index in [4.69, 9.17) is 16.3 Å². The zero-order chi connectivity index (χ0) is 17.8. The molecule has 0 aliphatic heterocycles. The van der Waals surface area contributed by atoms with Crippen LogP contribution in [-0.2, 0) is 17.0 Å². The van der Waals surface area contributed by atoms with Gasteiger partial charge in [0, 0.05) is 38.3 Å². The lowest BCUT2D eigenvalue weighted by atomic mass is 10.4. The van der Waals surface area contributed by atoms with Gasteiger partial charge in [-0.2, -0.15) is 0 Å². The normalized spacial score (nSPS) is 11.3. The largest absolute Gasteiger partial charge is 0.385 e. The first kappa shape index (κ1) is 17.7. The van der Waals surface area contributed by atoms with Gasteiger partial charge in [-0.15, -0.1) is 5.10 Å². The fourth-order valence-corrected chi connectivity index (χ4v) is 3.34. The number of nitrogens with zero attached hydrogens (tertiary/aromatic N) is 4. The second-order valence-corrected chi connectivity index (χ2v) is 6.64. The summed E-state index contributed by atoms with van der Waals surface area (Å²) in [6.07, 6.45) is 2.24. The van der Waals surface area contributed by atoms with E-state index < -0.39 is 0 Å². The Morgan fingerprint density at radius 3 is 3.00 bits per heavy atom. The number of methoxy groups -OCH3 is 1. The Morgan fingerprint density at radius 1 is 1.36 bits per heavy atom. The molecule has 0 aliphatic carbocycles. The Hall–Kier alpha value is -2.10. The van der Waals surface area contributed by atoms with Crippen molar-refractivity contribution in [3.8, 4) is 0 Å². The molecule has 8 nitrogen and oxygen atoms in total. The van der Waals surface area contributed by atoms with Gasteiger partial charge in [-0.05, 0) is 18.6 Å². The minimum Gasteiger partial charge on any atom is -0.385 e. The predicted octanol–water partition coefficient (Wildman–Crippen LogP) is 1.56. The molecule has 1 N–H and O–H groups in total. The molecule has 3 rings (SSSR count). The Kier molecular flexibility index (Phi) is 5.57. The van der Waals surface area contributed by atoms with Crippen LogP contribution in [0.5, 0.6) is 0 Å². The van der Waals surface area contributed by atoms with Crippen molar-refractivity contribution >= 4 is 29.0 Å². The minimum atomic E-state index is -0.264. The third kappa shape index (κ3) is 4.12. The van der Waals surface area contributed by atoms with E-state index in [1.165, 1.54) is 28.4 Å². The summed E-state index contributed by atoms with van der Waals surface area (Å²) >= 11 is 7.24. The Labute approximate surface area is 151 Å². The molecule has 25 heavy (non-hydrogen) atoms. The summed E-state index contributed by atoms with van der Waals surface area (Å²) in [5.41, 5.74) is 0.658. The zero-order valence-corrected chi connectivity index (χ0v) is 15.0. The SMILES string of the molecule is COCCCn1c(SCc2cc(=O)n3cc(Cl)ccc3n2)n[nH]c1=O. The number of H-pyrrole nitrogens is 1. The van der Waals surface area contributed by atoms with Gasteiger partial charge in [0.05, 0.1) is 10.7 Å². The molecule has 0 fully saturated rings. The number of rotatable bonds is 7. The number of ether oxygens (including phenoxy) is 1. The summed E-state index contributed by atoms with van der Waals surface area (Å²) in [6.45, 7) is 1.07. The fourth-order valence-electron chi connectivity index (χ4n) is 2.32. The first-order valence-corrected chi connectivity index (χ1v) is 8.89. The first-order valence-electron chi connectivity index (χ1n) is 7.53. The van der Waals surface area contributed by atoms with E-state index in [9.17, 15) is 9.59 Å². The molecule has 3 aromatic rings. The molecule has 10 heteroatoms. The summed E-state index contributed by atoms with van der Waals surface area (Å²) in [6, 6.07) is 4.82. The van der Waals surface area contributed by atoms with Gasteiger partial charge < -0.3 is 4.74 Å². The molecular formula is C15H16ClN5O3S. The van der Waals surface area contributed by atoms with Crippen LogP contribution in [0.25, 0.3) is 5.65 Å². The second-order valence-electron chi connectivity index (χ2n) is 5.26. The predicted molar refractivity (Wildman–Crippen MR) is 95.4 cm³/mol. The van der Waals surface area contributed by atoms with Gasteiger partial charge in [-0.3, -0.25) is 13.8 Å². The molecular weight excluding hydrogens is 366 g/mol. The highest BCUT2D eigenvalue weighted by Crippen LogP contribution is 2.19. The number of hydrogen-bond acceptors (Lipinski definition) is 6. The maximum absolute atomic E-state index is 12.2. The molecule has 0 radical (unpaired) electrons. The van der Waals surface area contributed by atoms with Gasteiger partial charge in [-0.25, -0.2) is 14.9 Å². The van der Waals surface area contributed by atoms with Crippen LogP contribution in [-0.4, -0.2) is 37.9 Å². The van der Waals surface area contributed by atoms with E-state index in [0.717, 1.165) is 0 Å². The molecule has 0 saturated carbocycles. The van der Waals surface area contributed by atoms with E-state index in [-0.39, 0.29) is 11.2 Å². The summed E-state index contributed by atoms with van der Waals surface area (Å²) in [7, 11) is 1.62. The third-order valence-electron chi connectivity index (χ3n) is 3.48. The van der Waals surface area contributed by atoms with Gasteiger partial charge in [0.2, 0.25) is 0 Å². The number of fused-ring (bicyclic) bond motifs is 1. The van der Waals surface area contributed by atoms with Crippen molar-refractivity contribution in [2.75, 3.05) is 13.7 Å². The zero-order valence-electron chi connectivity index (χ0n) is 13.4. The molecule has 0 spiro atoms. The van der Waals surface area contributed by atoms with Crippen LogP contribution in [0.1, 0.15) is 12.1 Å². The van der Waals surface area contributed by atoms with Crippen molar-refractivity contribution in [1.29, 1.82) is 0 Å². The average molecular weight is 382 g/mol. The number of halogens is 1. The topological polar surface area (TPSA) is 94.3 Å². The van der Waals surface area contributed by atoms with Crippen LogP contribution in [0.2, 0.25) is 5.02 Å². The van der Waals surface area contributed by atoms with Crippen molar-refractivity contribution in [3.05, 3.63) is 56.0 Å². The van der Waals surface area contributed by atoms with E-state index >= 15 is 0 Å². The highest BCUT2D eigenvalue weighted by molar-refractivity contribution is 7.98. The highest BCUT2D eigenvalue weighted by atomic mass is 35.5. The number of thioether (sulfide) groups is 1. The van der Waals surface area contributed by atoms with Crippen LogP contribution >= 0.6 is 23.4 Å². The van der Waals surface area contributed by atoms with Gasteiger partial charge in [0.25, 0.3) is 5.56 Å². The summed E-state index contributed by atoms with van der Waals surface area (Å²) in [5.74, 6) is 0.420. The Bertz CT molecular complexity index is 997. The first-order chi connectivity index (χ1) is 12.1. The number of nitrogens with one attached hydrogen (secondary N) is 1. The van der Waals surface area contributed by atoms with Crippen molar-refractivity contribution in [2.45, 2.75) is 23.9 Å². The third-order valence-corrected chi connectivity index (χ3v) is 4.71. The molecule has 3 aromatic heterocycles. The van der Waals surface area contributed by atoms with Crippen LogP contribution in [0, 0.1) is 0 Å². The standard InChI is InChI=1S/C15H16ClN5O3S/c1-24-6-2-5-20-14(23)18-19-15(20)25-9-11-7-13(22)21-8-10(16)3-4-12(21)17-11/h3-4,7-8H,2,5-6,9H2,1H3,(H,18,23). The minimum absolute atomic E-state index is 0.206. The molecule has 0 aliphatic rings. The van der Waals surface area contributed by atoms with Gasteiger partial charge in [0.1, 0.15) is 5.65 Å². The van der Waals surface area contributed by atoms with E-state index in [0.29, 0.717) is 46.8 Å². The molecule has 0 unspecified atom stereocenters. The molecule has 132 valence electrons. The van der Waals surface area contributed by atoms with Gasteiger partial charge >= 0.3 is 5.69 Å². The van der Waals surface area contributed by atoms with Crippen molar-refractivity contribution in [3.63, 3.8) is 0 Å². The lowest BCUT2D eigenvalue weighted by Gasteiger charge is -2.06. The maximum Gasteiger partial charge on any atom is 0.343 e.